The van der Waals surface area contributed by atoms with Gasteiger partial charge in [-0.2, -0.15) is 0 Å². The molecule has 0 aliphatic carbocycles. The normalized spacial score (nSPS) is 8.62. The van der Waals surface area contributed by atoms with E-state index in [0.29, 0.717) is 0 Å². The Morgan fingerprint density at radius 2 is 1.62 bits per heavy atom. The fraction of sp³-hybridized carbons (Fsp3) is 0.200. The standard InChI is InChI=1S/C5H9N3/c1-8-6-4-2-3-5-7-8/h2-7H,1H3. The molecule has 2 N–H and O–H groups in total. The number of H-pyrrole nitrogens is 2. The van der Waals surface area contributed by atoms with Crippen LogP contribution in [0.5, 0.6) is 0 Å². The van der Waals surface area contributed by atoms with Gasteiger partial charge in [0.25, 0.3) is 0 Å². The lowest BCUT2D eigenvalue weighted by Gasteiger charge is -1.88. The third-order valence-electron chi connectivity index (χ3n) is 0.840. The molecule has 0 aliphatic heterocycles. The Kier molecular flexibility index (Phi) is 1.42. The average molecular weight is 111 g/mol. The van der Waals surface area contributed by atoms with Crippen molar-refractivity contribution >= 4 is 0 Å². The summed E-state index contributed by atoms with van der Waals surface area (Å²) < 4.78 is 0. The first-order chi connectivity index (χ1) is 3.89. The zero-order chi connectivity index (χ0) is 5.82. The maximum Gasteiger partial charge on any atom is 0.0450 e. The average Bonchev–Trinajstić information content (AvgIpc) is 1.94. The Bertz CT molecular complexity index is 161. The number of hydrogen-bond acceptors (Lipinski definition) is 0. The van der Waals surface area contributed by atoms with Gasteiger partial charge in [0.15, 0.2) is 0 Å². The van der Waals surface area contributed by atoms with E-state index in [-0.39, 0.29) is 0 Å². The molecule has 0 amide bonds. The van der Waals surface area contributed by atoms with E-state index >= 15 is 0 Å². The summed E-state index contributed by atoms with van der Waals surface area (Å²) in [6, 6.07) is 3.83. The third kappa shape index (κ3) is 1.18. The van der Waals surface area contributed by atoms with Crippen molar-refractivity contribution in [3.63, 3.8) is 0 Å². The Hall–Kier alpha value is -1.12. The predicted octanol–water partition coefficient (Wildman–Crippen LogP) is 0.806. The van der Waals surface area contributed by atoms with Crippen molar-refractivity contribution in [2.45, 2.75) is 0 Å². The Balaban J connectivity index is 3.12. The van der Waals surface area contributed by atoms with Crippen LogP contribution in [0.4, 0.5) is 0 Å². The summed E-state index contributed by atoms with van der Waals surface area (Å²) >= 11 is 0. The van der Waals surface area contributed by atoms with Crippen molar-refractivity contribution in [3.05, 3.63) is 24.5 Å². The van der Waals surface area contributed by atoms with Crippen molar-refractivity contribution in [2.75, 3.05) is 0 Å². The highest BCUT2D eigenvalue weighted by Gasteiger charge is 1.63. The molecule has 0 radical (unpaired) electrons. The minimum absolute atomic E-state index is 1.75. The number of aryl methyl sites for hydroxylation is 1. The zero-order valence-corrected chi connectivity index (χ0v) is 4.76. The highest BCUT2D eigenvalue weighted by molar-refractivity contribution is 4.78. The number of aromatic nitrogens is 3. The smallest absolute Gasteiger partial charge is 0.0450 e. The van der Waals surface area contributed by atoms with E-state index in [1.807, 2.05) is 31.6 Å². The largest absolute Gasteiger partial charge is 0.292 e. The summed E-state index contributed by atoms with van der Waals surface area (Å²) in [5, 5.41) is 5.85. The van der Waals surface area contributed by atoms with Gasteiger partial charge in [0.1, 0.15) is 0 Å². The van der Waals surface area contributed by atoms with E-state index in [1.165, 1.54) is 0 Å². The zero-order valence-electron chi connectivity index (χ0n) is 4.76. The molecule has 0 saturated carbocycles. The molecule has 1 aromatic rings. The van der Waals surface area contributed by atoms with Gasteiger partial charge in [-0.15, -0.1) is 0 Å². The van der Waals surface area contributed by atoms with Crippen LogP contribution < -0.4 is 0 Å². The lowest BCUT2D eigenvalue weighted by Crippen LogP contribution is -1.94. The van der Waals surface area contributed by atoms with Gasteiger partial charge in [-0.05, 0) is 12.1 Å². The summed E-state index contributed by atoms with van der Waals surface area (Å²) in [4.78, 5) is 1.75. The highest BCUT2D eigenvalue weighted by atomic mass is 15.4. The molecular formula is C5H9N3. The van der Waals surface area contributed by atoms with E-state index in [2.05, 4.69) is 10.2 Å². The van der Waals surface area contributed by atoms with Crippen LogP contribution in [0, 0.1) is 0 Å². The topological polar surface area (TPSA) is 36.5 Å². The molecule has 0 spiro atoms. The van der Waals surface area contributed by atoms with Gasteiger partial charge in [-0.1, -0.05) is 0 Å². The number of rotatable bonds is 0. The number of aromatic amines is 2. The van der Waals surface area contributed by atoms with E-state index in [1.54, 1.807) is 4.80 Å². The number of nitrogens with one attached hydrogen (secondary N) is 2. The van der Waals surface area contributed by atoms with Crippen LogP contribution in [0.25, 0.3) is 0 Å². The minimum Gasteiger partial charge on any atom is -0.292 e. The minimum atomic E-state index is 1.75. The summed E-state index contributed by atoms with van der Waals surface area (Å²) in [5.41, 5.74) is 0. The van der Waals surface area contributed by atoms with Gasteiger partial charge in [-0.25, -0.2) is 4.80 Å². The van der Waals surface area contributed by atoms with Crippen LogP contribution in [-0.4, -0.2) is 15.0 Å². The third-order valence-corrected chi connectivity index (χ3v) is 0.840. The van der Waals surface area contributed by atoms with Gasteiger partial charge < -0.3 is 0 Å². The second-order valence-electron chi connectivity index (χ2n) is 1.54. The van der Waals surface area contributed by atoms with Crippen molar-refractivity contribution in [2.24, 2.45) is 7.05 Å². The molecule has 8 heavy (non-hydrogen) atoms. The van der Waals surface area contributed by atoms with Crippen LogP contribution in [0.15, 0.2) is 24.5 Å². The lowest BCUT2D eigenvalue weighted by molar-refractivity contribution is 0.627. The Labute approximate surface area is 47.6 Å². The lowest BCUT2D eigenvalue weighted by atomic mass is 10.6. The van der Waals surface area contributed by atoms with E-state index in [0.717, 1.165) is 0 Å². The van der Waals surface area contributed by atoms with Crippen molar-refractivity contribution in [3.8, 4) is 0 Å². The molecule has 0 saturated heterocycles. The van der Waals surface area contributed by atoms with Crippen molar-refractivity contribution < 1.29 is 0 Å². The Morgan fingerprint density at radius 1 is 1.12 bits per heavy atom. The maximum absolute atomic E-state index is 2.92. The first-order valence-electron chi connectivity index (χ1n) is 2.47. The van der Waals surface area contributed by atoms with Crippen LogP contribution >= 0.6 is 0 Å². The molecular weight excluding hydrogens is 102 g/mol. The molecule has 0 aliphatic rings. The molecule has 0 atom stereocenters. The van der Waals surface area contributed by atoms with Gasteiger partial charge in [0.05, 0.1) is 0 Å². The van der Waals surface area contributed by atoms with Crippen LogP contribution in [0.1, 0.15) is 0 Å². The first-order valence-corrected chi connectivity index (χ1v) is 2.47. The Morgan fingerprint density at radius 3 is 2.12 bits per heavy atom. The number of nitrogens with zero attached hydrogens (tertiary/aromatic N) is 1. The van der Waals surface area contributed by atoms with E-state index < -0.39 is 0 Å². The number of hydrogen-bond donors (Lipinski definition) is 2. The van der Waals surface area contributed by atoms with E-state index in [9.17, 15) is 0 Å². The quantitative estimate of drug-likeness (QED) is 0.497. The maximum atomic E-state index is 2.92. The van der Waals surface area contributed by atoms with Gasteiger partial charge >= 0.3 is 0 Å². The molecule has 0 aromatic carbocycles. The fourth-order valence-corrected chi connectivity index (χ4v) is 0.458. The molecule has 0 unspecified atom stereocenters. The SMILES string of the molecule is Cn1[nH]cccc[nH]1. The second-order valence-corrected chi connectivity index (χ2v) is 1.54. The molecule has 0 bridgehead atoms. The van der Waals surface area contributed by atoms with Crippen LogP contribution in [0.3, 0.4) is 0 Å². The summed E-state index contributed by atoms with van der Waals surface area (Å²) in [7, 11) is 1.89. The van der Waals surface area contributed by atoms with Crippen molar-refractivity contribution in [1.29, 1.82) is 0 Å². The van der Waals surface area contributed by atoms with Crippen LogP contribution in [0.2, 0.25) is 0 Å². The summed E-state index contributed by atoms with van der Waals surface area (Å²) in [5.74, 6) is 0. The molecule has 3 nitrogen and oxygen atoms in total. The van der Waals surface area contributed by atoms with Crippen molar-refractivity contribution in [1.82, 2.24) is 15.0 Å². The fourth-order valence-electron chi connectivity index (χ4n) is 0.458. The van der Waals surface area contributed by atoms with E-state index in [4.69, 9.17) is 0 Å². The monoisotopic (exact) mass is 111 g/mol. The highest BCUT2D eigenvalue weighted by Crippen LogP contribution is 1.70. The van der Waals surface area contributed by atoms with Crippen LogP contribution in [-0.2, 0) is 7.05 Å². The summed E-state index contributed by atoms with van der Waals surface area (Å²) in [6.07, 6.45) is 3.69. The first kappa shape index (κ1) is 5.03. The summed E-state index contributed by atoms with van der Waals surface area (Å²) in [6.45, 7) is 0. The van der Waals surface area contributed by atoms with Gasteiger partial charge in [0.2, 0.25) is 0 Å². The predicted molar refractivity (Wildman–Crippen MR) is 31.7 cm³/mol. The van der Waals surface area contributed by atoms with Gasteiger partial charge in [0, 0.05) is 19.4 Å². The molecule has 0 fully saturated rings. The molecule has 1 rings (SSSR count). The molecule has 44 valence electrons. The van der Waals surface area contributed by atoms with Gasteiger partial charge in [-0.3, -0.25) is 10.2 Å². The molecule has 1 aromatic heterocycles. The molecule has 1 heterocycles. The molecule has 3 heteroatoms. The second kappa shape index (κ2) is 2.26.